The number of carbonyl (C=O) groups excluding carboxylic acids is 2. The zero-order valence-corrected chi connectivity index (χ0v) is 16.2. The van der Waals surface area contributed by atoms with Crippen LogP contribution in [0.5, 0.6) is 0 Å². The number of nitrogens with zero attached hydrogens (tertiary/aromatic N) is 1. The van der Waals surface area contributed by atoms with Gasteiger partial charge in [0.15, 0.2) is 0 Å². The van der Waals surface area contributed by atoms with Gasteiger partial charge in [-0.05, 0) is 61.1 Å². The van der Waals surface area contributed by atoms with Gasteiger partial charge in [-0.2, -0.15) is 0 Å². The van der Waals surface area contributed by atoms with Crippen molar-refractivity contribution in [2.75, 3.05) is 18.4 Å². The molecule has 1 saturated heterocycles. The van der Waals surface area contributed by atoms with E-state index in [0.717, 1.165) is 24.0 Å². The van der Waals surface area contributed by atoms with E-state index in [1.807, 2.05) is 12.1 Å². The molecule has 29 heavy (non-hydrogen) atoms. The first kappa shape index (κ1) is 19.6. The number of hydrogen-bond acceptors (Lipinski definition) is 3. The normalized spacial score (nSPS) is 18.3. The maximum absolute atomic E-state index is 13.2. The Labute approximate surface area is 169 Å². The van der Waals surface area contributed by atoms with Crippen molar-refractivity contribution in [2.24, 2.45) is 0 Å². The molecule has 0 atom stereocenters. The minimum atomic E-state index is -0.568. The minimum Gasteiger partial charge on any atom is -0.393 e. The van der Waals surface area contributed by atoms with E-state index < -0.39 is 5.41 Å². The Kier molecular flexibility index (Phi) is 5.37. The number of rotatable bonds is 5. The number of carbonyl (C=O) groups is 2. The monoisotopic (exact) mass is 396 g/mol. The first-order valence-electron chi connectivity index (χ1n) is 10.1. The summed E-state index contributed by atoms with van der Waals surface area (Å²) in [6.45, 7) is 1.19. The van der Waals surface area contributed by atoms with Crippen molar-refractivity contribution >= 4 is 17.5 Å². The molecule has 2 amide bonds. The van der Waals surface area contributed by atoms with E-state index >= 15 is 0 Å². The molecule has 6 heteroatoms. The average Bonchev–Trinajstić information content (AvgIpc) is 3.52. The molecule has 0 bridgehead atoms. The van der Waals surface area contributed by atoms with Gasteiger partial charge in [0.25, 0.3) is 0 Å². The van der Waals surface area contributed by atoms with Gasteiger partial charge in [0.1, 0.15) is 5.82 Å². The summed E-state index contributed by atoms with van der Waals surface area (Å²) in [6, 6.07) is 13.4. The second-order valence-corrected chi connectivity index (χ2v) is 8.03. The summed E-state index contributed by atoms with van der Waals surface area (Å²) in [4.78, 5) is 27.0. The van der Waals surface area contributed by atoms with Crippen LogP contribution < -0.4 is 5.32 Å². The van der Waals surface area contributed by atoms with Crippen LogP contribution in [0.4, 0.5) is 10.1 Å². The first-order valence-corrected chi connectivity index (χ1v) is 10.1. The second kappa shape index (κ2) is 7.95. The quantitative estimate of drug-likeness (QED) is 0.816. The Bertz CT molecular complexity index is 883. The number of hydrogen-bond donors (Lipinski definition) is 2. The number of aliphatic hydroxyl groups excluding tert-OH is 1. The average molecular weight is 396 g/mol. The van der Waals surface area contributed by atoms with Crippen LogP contribution in [-0.2, 0) is 21.4 Å². The summed E-state index contributed by atoms with van der Waals surface area (Å²) in [6.07, 6.45) is 2.78. The van der Waals surface area contributed by atoms with E-state index in [1.165, 1.54) is 12.1 Å². The number of halogens is 1. The molecule has 2 aromatic rings. The topological polar surface area (TPSA) is 69.6 Å². The number of aliphatic hydroxyl groups is 1. The zero-order valence-electron chi connectivity index (χ0n) is 16.2. The van der Waals surface area contributed by atoms with Gasteiger partial charge >= 0.3 is 0 Å². The molecule has 2 aromatic carbocycles. The predicted octanol–water partition coefficient (Wildman–Crippen LogP) is 3.02. The van der Waals surface area contributed by atoms with Gasteiger partial charge in [-0.25, -0.2) is 4.39 Å². The predicted molar refractivity (Wildman–Crippen MR) is 108 cm³/mol. The molecule has 1 aliphatic carbocycles. The van der Waals surface area contributed by atoms with Crippen LogP contribution in [0, 0.1) is 5.82 Å². The van der Waals surface area contributed by atoms with Gasteiger partial charge in [0.2, 0.25) is 11.8 Å². The van der Waals surface area contributed by atoms with Crippen molar-refractivity contribution in [3.8, 4) is 0 Å². The summed E-state index contributed by atoms with van der Waals surface area (Å²) >= 11 is 0. The highest BCUT2D eigenvalue weighted by Crippen LogP contribution is 2.49. The Morgan fingerprint density at radius 1 is 1.03 bits per heavy atom. The lowest BCUT2D eigenvalue weighted by Crippen LogP contribution is -2.40. The van der Waals surface area contributed by atoms with Gasteiger partial charge < -0.3 is 15.3 Å². The number of anilines is 1. The molecule has 152 valence electrons. The first-order chi connectivity index (χ1) is 14.0. The van der Waals surface area contributed by atoms with Gasteiger partial charge in [0, 0.05) is 18.8 Å². The molecule has 4 rings (SSSR count). The Balaban J connectivity index is 1.35. The summed E-state index contributed by atoms with van der Waals surface area (Å²) in [5.74, 6) is -0.336. The van der Waals surface area contributed by atoms with Crippen molar-refractivity contribution in [3.63, 3.8) is 0 Å². The second-order valence-electron chi connectivity index (χ2n) is 8.03. The maximum Gasteiger partial charge on any atom is 0.235 e. The third-order valence-electron chi connectivity index (χ3n) is 5.97. The highest BCUT2D eigenvalue weighted by atomic mass is 19.1. The lowest BCUT2D eigenvalue weighted by Gasteiger charge is -2.29. The van der Waals surface area contributed by atoms with Crippen molar-refractivity contribution in [1.82, 2.24) is 4.90 Å². The molecule has 0 unspecified atom stereocenters. The molecule has 1 aliphatic heterocycles. The van der Waals surface area contributed by atoms with Crippen LogP contribution in [0.3, 0.4) is 0 Å². The van der Waals surface area contributed by atoms with Crippen LogP contribution in [0.25, 0.3) is 0 Å². The molecule has 1 saturated carbocycles. The molecular weight excluding hydrogens is 371 g/mol. The molecule has 2 fully saturated rings. The molecule has 0 radical (unpaired) electrons. The van der Waals surface area contributed by atoms with E-state index in [0.29, 0.717) is 38.0 Å². The summed E-state index contributed by atoms with van der Waals surface area (Å²) < 4.78 is 13.2. The Morgan fingerprint density at radius 2 is 1.66 bits per heavy atom. The standard InChI is InChI=1S/C23H25FN2O3/c24-18-5-3-17(4-6-18)23(11-12-23)22(29)25-19-7-1-16(2-8-19)15-21(28)26-13-9-20(27)10-14-26/h1-8,20,27H,9-15H2,(H,25,29). The fraction of sp³-hybridized carbons (Fsp3) is 0.391. The molecule has 2 N–H and O–H groups in total. The summed E-state index contributed by atoms with van der Waals surface area (Å²) in [5.41, 5.74) is 1.84. The number of nitrogens with one attached hydrogen (secondary N) is 1. The van der Waals surface area contributed by atoms with E-state index in [9.17, 15) is 19.1 Å². The zero-order chi connectivity index (χ0) is 20.4. The smallest absolute Gasteiger partial charge is 0.235 e. The Hall–Kier alpha value is -2.73. The number of amides is 2. The van der Waals surface area contributed by atoms with Gasteiger partial charge in [-0.1, -0.05) is 24.3 Å². The van der Waals surface area contributed by atoms with Crippen molar-refractivity contribution < 1.29 is 19.1 Å². The molecule has 0 spiro atoms. The third kappa shape index (κ3) is 4.32. The number of likely N-dealkylation sites (tertiary alicyclic amines) is 1. The van der Waals surface area contributed by atoms with E-state index in [-0.39, 0.29) is 23.7 Å². The largest absolute Gasteiger partial charge is 0.393 e. The van der Waals surface area contributed by atoms with Crippen LogP contribution in [0.2, 0.25) is 0 Å². The van der Waals surface area contributed by atoms with E-state index in [1.54, 1.807) is 29.2 Å². The SMILES string of the molecule is O=C(Cc1ccc(NC(=O)C2(c3ccc(F)cc3)CC2)cc1)N1CCC(O)CC1. The van der Waals surface area contributed by atoms with E-state index in [2.05, 4.69) is 5.32 Å². The van der Waals surface area contributed by atoms with Crippen molar-refractivity contribution in [1.29, 1.82) is 0 Å². The molecule has 5 nitrogen and oxygen atoms in total. The molecule has 1 heterocycles. The fourth-order valence-electron chi connectivity index (χ4n) is 3.90. The highest BCUT2D eigenvalue weighted by molar-refractivity contribution is 6.01. The number of benzene rings is 2. The minimum absolute atomic E-state index is 0.0573. The highest BCUT2D eigenvalue weighted by Gasteiger charge is 2.51. The van der Waals surface area contributed by atoms with E-state index in [4.69, 9.17) is 0 Å². The number of piperidine rings is 1. The van der Waals surface area contributed by atoms with Crippen LogP contribution >= 0.6 is 0 Å². The van der Waals surface area contributed by atoms with Gasteiger partial charge in [-0.15, -0.1) is 0 Å². The van der Waals surface area contributed by atoms with Crippen molar-refractivity contribution in [3.05, 3.63) is 65.5 Å². The van der Waals surface area contributed by atoms with Gasteiger partial charge in [-0.3, -0.25) is 9.59 Å². The molecule has 2 aliphatic rings. The summed E-state index contributed by atoms with van der Waals surface area (Å²) in [5, 5.41) is 12.5. The Morgan fingerprint density at radius 3 is 2.24 bits per heavy atom. The fourth-order valence-corrected chi connectivity index (χ4v) is 3.90. The molecule has 0 aromatic heterocycles. The molecular formula is C23H25FN2O3. The van der Waals surface area contributed by atoms with Crippen LogP contribution in [-0.4, -0.2) is 41.0 Å². The van der Waals surface area contributed by atoms with Crippen molar-refractivity contribution in [2.45, 2.75) is 43.6 Å². The lowest BCUT2D eigenvalue weighted by molar-refractivity contribution is -0.132. The van der Waals surface area contributed by atoms with Gasteiger partial charge in [0.05, 0.1) is 17.9 Å². The summed E-state index contributed by atoms with van der Waals surface area (Å²) in [7, 11) is 0. The lowest BCUT2D eigenvalue weighted by atomic mass is 9.95. The maximum atomic E-state index is 13.2. The van der Waals surface area contributed by atoms with Crippen LogP contribution in [0.15, 0.2) is 48.5 Å². The third-order valence-corrected chi connectivity index (χ3v) is 5.97. The van der Waals surface area contributed by atoms with Crippen LogP contribution in [0.1, 0.15) is 36.8 Å².